The molecule has 0 unspecified atom stereocenters. The van der Waals surface area contributed by atoms with E-state index < -0.39 is 0 Å². The van der Waals surface area contributed by atoms with Crippen LogP contribution in [0, 0.1) is 0 Å². The molecule has 0 aliphatic heterocycles. The number of nitrogens with one attached hydrogen (secondary N) is 2. The van der Waals surface area contributed by atoms with Crippen molar-refractivity contribution in [3.63, 3.8) is 0 Å². The van der Waals surface area contributed by atoms with E-state index >= 15 is 0 Å². The van der Waals surface area contributed by atoms with E-state index in [4.69, 9.17) is 0 Å². The van der Waals surface area contributed by atoms with E-state index in [-0.39, 0.29) is 0 Å². The van der Waals surface area contributed by atoms with Gasteiger partial charge in [-0.05, 0) is 17.5 Å². The molecule has 14 heavy (non-hydrogen) atoms. The number of hydrogen-bond acceptors (Lipinski definition) is 3. The largest absolute Gasteiger partial charge is 0.361 e. The summed E-state index contributed by atoms with van der Waals surface area (Å²) in [6.45, 7) is 0. The smallest absolute Gasteiger partial charge is 0.161 e. The summed E-state index contributed by atoms with van der Waals surface area (Å²) in [7, 11) is 0. The van der Waals surface area contributed by atoms with Crippen LogP contribution in [0.1, 0.15) is 0 Å². The minimum Gasteiger partial charge on any atom is -0.361 e. The Morgan fingerprint density at radius 1 is 1.07 bits per heavy atom. The highest BCUT2D eigenvalue weighted by molar-refractivity contribution is 5.78. The molecule has 0 radical (unpaired) electrons. The zero-order valence-electron chi connectivity index (χ0n) is 7.38. The number of aromatic nitrogens is 5. The first-order valence-electron chi connectivity index (χ1n) is 4.15. The van der Waals surface area contributed by atoms with Crippen LogP contribution in [0.4, 0.5) is 0 Å². The molecule has 5 nitrogen and oxygen atoms in total. The standard InChI is InChI=1S/C8H7N.CH2N4/c1-2-4-8-7(3-1)5-6-9-8;1-2-4-5-3-1/h1-6,9H;1H,(H,2,3,4,5). The van der Waals surface area contributed by atoms with E-state index in [1.165, 1.54) is 17.2 Å². The molecule has 0 amide bonds. The Kier molecular flexibility index (Phi) is 2.51. The lowest BCUT2D eigenvalue weighted by atomic mass is 10.3. The van der Waals surface area contributed by atoms with E-state index in [2.05, 4.69) is 43.8 Å². The molecule has 0 atom stereocenters. The van der Waals surface area contributed by atoms with Gasteiger partial charge in [-0.1, -0.05) is 23.4 Å². The first kappa shape index (κ1) is 8.43. The molecule has 2 aromatic heterocycles. The lowest BCUT2D eigenvalue weighted by Crippen LogP contribution is -1.64. The minimum absolute atomic E-state index is 1.21. The maximum atomic E-state index is 3.38. The maximum Gasteiger partial charge on any atom is 0.161 e. The Hall–Kier alpha value is -2.17. The van der Waals surface area contributed by atoms with Gasteiger partial charge in [-0.25, -0.2) is 0 Å². The van der Waals surface area contributed by atoms with Crippen molar-refractivity contribution < 1.29 is 0 Å². The van der Waals surface area contributed by atoms with E-state index in [0.717, 1.165) is 0 Å². The highest BCUT2D eigenvalue weighted by Crippen LogP contribution is 2.09. The van der Waals surface area contributed by atoms with Gasteiger partial charge in [0.2, 0.25) is 0 Å². The third-order valence-electron chi connectivity index (χ3n) is 1.73. The highest BCUT2D eigenvalue weighted by Gasteiger charge is 1.86. The van der Waals surface area contributed by atoms with Crippen molar-refractivity contribution in [3.8, 4) is 0 Å². The minimum atomic E-state index is 1.21. The van der Waals surface area contributed by atoms with E-state index in [1.54, 1.807) is 0 Å². The third kappa shape index (κ3) is 1.95. The molecule has 2 heterocycles. The third-order valence-corrected chi connectivity index (χ3v) is 1.73. The van der Waals surface area contributed by atoms with Crippen molar-refractivity contribution in [2.45, 2.75) is 0 Å². The predicted molar refractivity (Wildman–Crippen MR) is 52.5 cm³/mol. The number of hydrogen-bond donors (Lipinski definition) is 2. The molecule has 2 N–H and O–H groups in total. The Morgan fingerprint density at radius 2 is 2.00 bits per heavy atom. The summed E-state index contributed by atoms with van der Waals surface area (Å²) in [4.78, 5) is 3.12. The van der Waals surface area contributed by atoms with Crippen molar-refractivity contribution in [1.82, 2.24) is 25.6 Å². The molecule has 5 heteroatoms. The SMILES string of the molecule is c1ccc2[nH]ccc2c1.c1nn[nH]n1. The number of benzene rings is 1. The lowest BCUT2D eigenvalue weighted by molar-refractivity contribution is 0.881. The summed E-state index contributed by atoms with van der Waals surface area (Å²) < 4.78 is 0. The monoisotopic (exact) mass is 187 g/mol. The zero-order chi connectivity index (χ0) is 9.64. The average molecular weight is 187 g/mol. The number of aromatic amines is 2. The van der Waals surface area contributed by atoms with Crippen LogP contribution in [0.3, 0.4) is 0 Å². The summed E-state index contributed by atoms with van der Waals surface area (Å²) in [6.07, 6.45) is 3.28. The molecular formula is C9H9N5. The highest BCUT2D eigenvalue weighted by atomic mass is 15.5. The second-order valence-corrected chi connectivity index (χ2v) is 2.62. The van der Waals surface area contributed by atoms with E-state index in [0.29, 0.717) is 0 Å². The van der Waals surface area contributed by atoms with Crippen molar-refractivity contribution in [2.75, 3.05) is 0 Å². The van der Waals surface area contributed by atoms with Crippen molar-refractivity contribution in [2.24, 2.45) is 0 Å². The van der Waals surface area contributed by atoms with Gasteiger partial charge in [-0.3, -0.25) is 0 Å². The van der Waals surface area contributed by atoms with Gasteiger partial charge in [0.05, 0.1) is 0 Å². The molecule has 0 saturated carbocycles. The molecule has 70 valence electrons. The van der Waals surface area contributed by atoms with Gasteiger partial charge in [0, 0.05) is 11.7 Å². The van der Waals surface area contributed by atoms with Crippen molar-refractivity contribution in [1.29, 1.82) is 0 Å². The maximum absolute atomic E-state index is 3.38. The van der Waals surface area contributed by atoms with Gasteiger partial charge in [0.25, 0.3) is 0 Å². The number of para-hydroxylation sites is 1. The molecule has 0 saturated heterocycles. The van der Waals surface area contributed by atoms with Crippen LogP contribution in [-0.4, -0.2) is 25.6 Å². The topological polar surface area (TPSA) is 70.2 Å². The molecule has 0 bridgehead atoms. The number of nitrogens with zero attached hydrogens (tertiary/aromatic N) is 3. The van der Waals surface area contributed by atoms with Crippen LogP contribution in [0.25, 0.3) is 10.9 Å². The van der Waals surface area contributed by atoms with Gasteiger partial charge in [0.15, 0.2) is 6.33 Å². The second kappa shape index (κ2) is 4.18. The fourth-order valence-electron chi connectivity index (χ4n) is 1.12. The fourth-order valence-corrected chi connectivity index (χ4v) is 1.12. The van der Waals surface area contributed by atoms with E-state index in [1.807, 2.05) is 18.3 Å². The zero-order valence-corrected chi connectivity index (χ0v) is 7.38. The van der Waals surface area contributed by atoms with Gasteiger partial charge in [0.1, 0.15) is 0 Å². The summed E-state index contributed by atoms with van der Waals surface area (Å²) in [5, 5.41) is 13.4. The van der Waals surface area contributed by atoms with Gasteiger partial charge in [-0.15, -0.1) is 10.2 Å². The normalized spacial score (nSPS) is 9.43. The van der Waals surface area contributed by atoms with E-state index in [9.17, 15) is 0 Å². The van der Waals surface area contributed by atoms with Gasteiger partial charge >= 0.3 is 0 Å². The molecule has 0 fully saturated rings. The molecule has 0 spiro atoms. The molecule has 0 aliphatic carbocycles. The average Bonchev–Trinajstić information content (AvgIpc) is 2.92. The van der Waals surface area contributed by atoms with Crippen molar-refractivity contribution >= 4 is 10.9 Å². The Balaban J connectivity index is 0.000000128. The molecule has 3 rings (SSSR count). The van der Waals surface area contributed by atoms with Crippen LogP contribution in [0.15, 0.2) is 42.9 Å². The van der Waals surface area contributed by atoms with Gasteiger partial charge < -0.3 is 4.98 Å². The van der Waals surface area contributed by atoms with Crippen molar-refractivity contribution in [3.05, 3.63) is 42.9 Å². The van der Waals surface area contributed by atoms with Crippen LogP contribution in [0.5, 0.6) is 0 Å². The molecule has 3 aromatic rings. The summed E-state index contributed by atoms with van der Waals surface area (Å²) >= 11 is 0. The molecular weight excluding hydrogens is 178 g/mol. The molecule has 0 aliphatic rings. The fraction of sp³-hybridized carbons (Fsp3) is 0. The summed E-state index contributed by atoms with van der Waals surface area (Å²) in [5.41, 5.74) is 1.21. The predicted octanol–water partition coefficient (Wildman–Crippen LogP) is 1.37. The number of H-pyrrole nitrogens is 2. The lowest BCUT2D eigenvalue weighted by Gasteiger charge is -1.83. The first-order chi connectivity index (χ1) is 6.97. The Labute approximate surface area is 80.2 Å². The summed E-state index contributed by atoms with van der Waals surface area (Å²) in [5.74, 6) is 0. The number of fused-ring (bicyclic) bond motifs is 1. The molecule has 1 aromatic carbocycles. The summed E-state index contributed by atoms with van der Waals surface area (Å²) in [6, 6.07) is 10.3. The second-order valence-electron chi connectivity index (χ2n) is 2.62. The van der Waals surface area contributed by atoms with Crippen LogP contribution < -0.4 is 0 Å². The van der Waals surface area contributed by atoms with Gasteiger partial charge in [-0.2, -0.15) is 5.21 Å². The van der Waals surface area contributed by atoms with Crippen LogP contribution >= 0.6 is 0 Å². The van der Waals surface area contributed by atoms with Crippen LogP contribution in [0.2, 0.25) is 0 Å². The first-order valence-corrected chi connectivity index (χ1v) is 4.15. The Bertz CT molecular complexity index is 423. The number of rotatable bonds is 0. The van der Waals surface area contributed by atoms with Crippen LogP contribution in [-0.2, 0) is 0 Å². The quantitative estimate of drug-likeness (QED) is 0.558. The number of tetrazole rings is 1. The Morgan fingerprint density at radius 3 is 2.64 bits per heavy atom.